The van der Waals surface area contributed by atoms with Crippen molar-refractivity contribution in [2.75, 3.05) is 19.7 Å². The van der Waals surface area contributed by atoms with Gasteiger partial charge in [-0.25, -0.2) is 13.4 Å². The Balaban J connectivity index is 1.46. The van der Waals surface area contributed by atoms with E-state index in [4.69, 9.17) is 14.5 Å². The highest BCUT2D eigenvalue weighted by molar-refractivity contribution is 7.98. The van der Waals surface area contributed by atoms with E-state index in [1.165, 1.54) is 18.7 Å². The minimum Gasteiger partial charge on any atom is -0.426 e. The van der Waals surface area contributed by atoms with Gasteiger partial charge in [0.05, 0.1) is 28.6 Å². The first-order chi connectivity index (χ1) is 17.8. The van der Waals surface area contributed by atoms with Crippen LogP contribution in [0.4, 0.5) is 0 Å². The molecule has 0 saturated carbocycles. The second-order valence-electron chi connectivity index (χ2n) is 9.89. The minimum absolute atomic E-state index is 0.100. The molecule has 2 aliphatic heterocycles. The highest BCUT2D eigenvalue weighted by Crippen LogP contribution is 2.33. The Bertz CT molecular complexity index is 1380. The molecule has 10 heteroatoms. The van der Waals surface area contributed by atoms with Crippen LogP contribution >= 0.6 is 11.8 Å². The number of hydrogen-bond donors (Lipinski definition) is 0. The van der Waals surface area contributed by atoms with Crippen molar-refractivity contribution in [3.63, 3.8) is 0 Å². The molecule has 5 rings (SSSR count). The van der Waals surface area contributed by atoms with Crippen molar-refractivity contribution in [1.82, 2.24) is 13.9 Å². The Hall–Kier alpha value is -2.40. The van der Waals surface area contributed by atoms with Gasteiger partial charge in [0.2, 0.25) is 10.0 Å². The lowest BCUT2D eigenvalue weighted by atomic mass is 10.0. The quantitative estimate of drug-likeness (QED) is 0.228. The third-order valence-electron chi connectivity index (χ3n) is 6.94. The number of esters is 1. The van der Waals surface area contributed by atoms with Crippen molar-refractivity contribution in [2.24, 2.45) is 5.92 Å². The van der Waals surface area contributed by atoms with Crippen LogP contribution in [0.25, 0.3) is 11.0 Å². The first-order valence-electron chi connectivity index (χ1n) is 12.8. The maximum Gasteiger partial charge on any atom is 0.308 e. The van der Waals surface area contributed by atoms with Crippen LogP contribution in [0.15, 0.2) is 52.5 Å². The lowest BCUT2D eigenvalue weighted by Gasteiger charge is -2.30. The molecule has 0 aliphatic carbocycles. The lowest BCUT2D eigenvalue weighted by Crippen LogP contribution is -2.39. The van der Waals surface area contributed by atoms with Gasteiger partial charge in [-0.15, -0.1) is 0 Å². The third-order valence-corrected chi connectivity index (χ3v) is 9.82. The van der Waals surface area contributed by atoms with Gasteiger partial charge in [0, 0.05) is 37.9 Å². The van der Waals surface area contributed by atoms with Crippen LogP contribution in [0.2, 0.25) is 0 Å². The zero-order valence-electron chi connectivity index (χ0n) is 21.3. The maximum atomic E-state index is 13.4. The van der Waals surface area contributed by atoms with Crippen LogP contribution < -0.4 is 4.74 Å². The molecule has 2 aliphatic rings. The molecular weight excluding hydrogens is 510 g/mol. The van der Waals surface area contributed by atoms with Gasteiger partial charge in [0.15, 0.2) is 5.16 Å². The summed E-state index contributed by atoms with van der Waals surface area (Å²) in [5, 5.41) is 0.782. The molecule has 198 valence electrons. The van der Waals surface area contributed by atoms with E-state index in [1.807, 2.05) is 24.3 Å². The SMILES string of the molecule is CC(=O)Oc1ccccc1CSc1nc2cc(S(=O)(=O)N3CCC[C@@H](C)C3)ccc2n1C[C@@H]1CCCO1. The highest BCUT2D eigenvalue weighted by Gasteiger charge is 2.29. The second-order valence-corrected chi connectivity index (χ2v) is 12.8. The maximum absolute atomic E-state index is 13.4. The van der Waals surface area contributed by atoms with Gasteiger partial charge in [-0.2, -0.15) is 4.31 Å². The van der Waals surface area contributed by atoms with Gasteiger partial charge >= 0.3 is 5.97 Å². The summed E-state index contributed by atoms with van der Waals surface area (Å²) in [6.07, 6.45) is 4.06. The molecule has 0 bridgehead atoms. The number of imidazole rings is 1. The number of fused-ring (bicyclic) bond motifs is 1. The summed E-state index contributed by atoms with van der Waals surface area (Å²) in [5.41, 5.74) is 2.43. The zero-order valence-corrected chi connectivity index (χ0v) is 22.9. The lowest BCUT2D eigenvalue weighted by molar-refractivity contribution is -0.131. The number of nitrogens with zero attached hydrogens (tertiary/aromatic N) is 3. The Labute approximate surface area is 222 Å². The Morgan fingerprint density at radius 2 is 2.03 bits per heavy atom. The van der Waals surface area contributed by atoms with Crippen LogP contribution in [0.1, 0.15) is 45.1 Å². The van der Waals surface area contributed by atoms with Crippen molar-refractivity contribution in [3.8, 4) is 5.75 Å². The normalized spacial score (nSPS) is 20.9. The molecule has 0 amide bonds. The molecule has 0 unspecified atom stereocenters. The topological polar surface area (TPSA) is 90.7 Å². The number of aromatic nitrogens is 2. The van der Waals surface area contributed by atoms with E-state index in [-0.39, 0.29) is 17.0 Å². The van der Waals surface area contributed by atoms with Crippen molar-refractivity contribution in [1.29, 1.82) is 0 Å². The molecule has 2 aromatic carbocycles. The van der Waals surface area contributed by atoms with Crippen molar-refractivity contribution in [2.45, 2.75) is 68.0 Å². The summed E-state index contributed by atoms with van der Waals surface area (Å²) in [6, 6.07) is 12.7. The number of piperidine rings is 1. The van der Waals surface area contributed by atoms with Gasteiger partial charge in [0.1, 0.15) is 5.75 Å². The van der Waals surface area contributed by atoms with Crippen LogP contribution in [0.3, 0.4) is 0 Å². The summed E-state index contributed by atoms with van der Waals surface area (Å²) in [7, 11) is -3.58. The molecular formula is C27H33N3O5S2. The van der Waals surface area contributed by atoms with Crippen LogP contribution in [0.5, 0.6) is 5.75 Å². The number of carbonyl (C=O) groups is 1. The summed E-state index contributed by atoms with van der Waals surface area (Å²) < 4.78 is 41.8. The number of sulfonamides is 1. The summed E-state index contributed by atoms with van der Waals surface area (Å²) >= 11 is 1.54. The first kappa shape index (κ1) is 26.2. The fourth-order valence-electron chi connectivity index (χ4n) is 5.06. The van der Waals surface area contributed by atoms with Gasteiger partial charge in [-0.1, -0.05) is 36.9 Å². The number of ether oxygens (including phenoxy) is 2. The molecule has 37 heavy (non-hydrogen) atoms. The highest BCUT2D eigenvalue weighted by atomic mass is 32.2. The van der Waals surface area contributed by atoms with Gasteiger partial charge in [-0.05, 0) is 55.9 Å². The van der Waals surface area contributed by atoms with Gasteiger partial charge < -0.3 is 14.0 Å². The molecule has 2 saturated heterocycles. The summed E-state index contributed by atoms with van der Waals surface area (Å²) in [4.78, 5) is 16.7. The fourth-order valence-corrected chi connectivity index (χ4v) is 7.69. The van der Waals surface area contributed by atoms with Crippen LogP contribution in [0, 0.1) is 5.92 Å². The Morgan fingerprint density at radius 1 is 1.19 bits per heavy atom. The second kappa shape index (κ2) is 11.1. The minimum atomic E-state index is -3.58. The van der Waals surface area contributed by atoms with E-state index in [0.717, 1.165) is 48.5 Å². The molecule has 0 spiro atoms. The monoisotopic (exact) mass is 543 g/mol. The number of carbonyl (C=O) groups excluding carboxylic acids is 1. The van der Waals surface area contributed by atoms with Crippen LogP contribution in [-0.4, -0.2) is 54.0 Å². The van der Waals surface area contributed by atoms with E-state index >= 15 is 0 Å². The Morgan fingerprint density at radius 3 is 2.78 bits per heavy atom. The predicted molar refractivity (Wildman–Crippen MR) is 143 cm³/mol. The molecule has 2 fully saturated rings. The molecule has 3 aromatic rings. The van der Waals surface area contributed by atoms with E-state index in [9.17, 15) is 13.2 Å². The number of thioether (sulfide) groups is 1. The first-order valence-corrected chi connectivity index (χ1v) is 15.2. The van der Waals surface area contributed by atoms with Crippen LogP contribution in [-0.2, 0) is 31.9 Å². The van der Waals surface area contributed by atoms with E-state index < -0.39 is 10.0 Å². The molecule has 3 heterocycles. The largest absolute Gasteiger partial charge is 0.426 e. The number of rotatable bonds is 8. The van der Waals surface area contributed by atoms with Crippen molar-refractivity contribution < 1.29 is 22.7 Å². The smallest absolute Gasteiger partial charge is 0.308 e. The van der Waals surface area contributed by atoms with E-state index in [1.54, 1.807) is 22.5 Å². The molecule has 0 radical (unpaired) electrons. The average molecular weight is 544 g/mol. The number of benzene rings is 2. The summed E-state index contributed by atoms with van der Waals surface area (Å²) in [5.74, 6) is 1.08. The fraction of sp³-hybridized carbons (Fsp3) is 0.481. The van der Waals surface area contributed by atoms with E-state index in [2.05, 4.69) is 11.5 Å². The number of hydrogen-bond acceptors (Lipinski definition) is 7. The van der Waals surface area contributed by atoms with Gasteiger partial charge in [0.25, 0.3) is 0 Å². The average Bonchev–Trinajstić information content (AvgIpc) is 3.51. The third kappa shape index (κ3) is 5.87. The van der Waals surface area contributed by atoms with Crippen molar-refractivity contribution in [3.05, 3.63) is 48.0 Å². The summed E-state index contributed by atoms with van der Waals surface area (Å²) in [6.45, 7) is 6.01. The standard InChI is InChI=1S/C27H33N3O5S2/c1-19-7-5-13-29(16-19)37(32,33)23-11-12-25-24(15-23)28-27(30(25)17-22-9-6-14-34-22)36-18-21-8-3-4-10-26(21)35-20(2)31/h3-4,8,10-12,15,19,22H,5-7,9,13-14,16-18H2,1-2H3/t19-,22+/m1/s1. The molecule has 1 aromatic heterocycles. The molecule has 2 atom stereocenters. The van der Waals surface area contributed by atoms with E-state index in [0.29, 0.717) is 42.6 Å². The Kier molecular flexibility index (Phi) is 7.90. The zero-order chi connectivity index (χ0) is 26.0. The molecule has 0 N–H and O–H groups in total. The molecule has 8 nitrogen and oxygen atoms in total. The van der Waals surface area contributed by atoms with Crippen molar-refractivity contribution >= 4 is 38.8 Å². The number of para-hydroxylation sites is 1. The predicted octanol–water partition coefficient (Wildman–Crippen LogP) is 4.85. The van der Waals surface area contributed by atoms with Gasteiger partial charge in [-0.3, -0.25) is 4.79 Å².